The molecular weight excluding hydrogens is 416 g/mol. The van der Waals surface area contributed by atoms with Crippen LogP contribution in [-0.4, -0.2) is 64.9 Å². The SMILES string of the molecule is Cc1nc(CSc2ccccc2C(=O)N2CCN(C(C)C(=O)NC3CC3)CC2)cs1. The highest BCUT2D eigenvalue weighted by molar-refractivity contribution is 7.98. The van der Waals surface area contributed by atoms with Crippen molar-refractivity contribution in [3.63, 3.8) is 0 Å². The molecule has 6 nitrogen and oxygen atoms in total. The molecule has 1 aliphatic heterocycles. The van der Waals surface area contributed by atoms with Crippen molar-refractivity contribution in [2.45, 2.75) is 49.4 Å². The van der Waals surface area contributed by atoms with Crippen LogP contribution in [0.2, 0.25) is 0 Å². The van der Waals surface area contributed by atoms with Crippen LogP contribution >= 0.6 is 23.1 Å². The average molecular weight is 445 g/mol. The van der Waals surface area contributed by atoms with E-state index in [-0.39, 0.29) is 17.9 Å². The Morgan fingerprint density at radius 1 is 1.23 bits per heavy atom. The van der Waals surface area contributed by atoms with Crippen molar-refractivity contribution in [3.05, 3.63) is 45.9 Å². The summed E-state index contributed by atoms with van der Waals surface area (Å²) in [4.78, 5) is 35.1. The molecule has 1 aromatic heterocycles. The minimum Gasteiger partial charge on any atom is -0.352 e. The first-order valence-electron chi connectivity index (χ1n) is 10.5. The van der Waals surface area contributed by atoms with Gasteiger partial charge in [0.25, 0.3) is 5.91 Å². The molecule has 30 heavy (non-hydrogen) atoms. The second kappa shape index (κ2) is 9.49. The number of aromatic nitrogens is 1. The molecule has 2 aromatic rings. The minimum atomic E-state index is -0.146. The van der Waals surface area contributed by atoms with Gasteiger partial charge in [0, 0.05) is 48.2 Å². The van der Waals surface area contributed by atoms with Gasteiger partial charge in [-0.2, -0.15) is 0 Å². The third kappa shape index (κ3) is 5.22. The van der Waals surface area contributed by atoms with Crippen LogP contribution in [0.4, 0.5) is 0 Å². The summed E-state index contributed by atoms with van der Waals surface area (Å²) < 4.78 is 0. The number of aryl methyl sites for hydroxylation is 1. The van der Waals surface area contributed by atoms with Gasteiger partial charge in [-0.05, 0) is 38.8 Å². The maximum atomic E-state index is 13.2. The van der Waals surface area contributed by atoms with Crippen LogP contribution in [0.5, 0.6) is 0 Å². The van der Waals surface area contributed by atoms with Gasteiger partial charge in [-0.15, -0.1) is 23.1 Å². The molecule has 4 rings (SSSR count). The Labute approximate surface area is 186 Å². The molecule has 1 aromatic carbocycles. The average Bonchev–Trinajstić information content (AvgIpc) is 3.49. The number of nitrogens with zero attached hydrogens (tertiary/aromatic N) is 3. The van der Waals surface area contributed by atoms with Crippen molar-refractivity contribution in [2.75, 3.05) is 26.2 Å². The predicted octanol–water partition coefficient (Wildman–Crippen LogP) is 3.17. The molecule has 8 heteroatoms. The molecule has 0 spiro atoms. The zero-order valence-corrected chi connectivity index (χ0v) is 19.1. The largest absolute Gasteiger partial charge is 0.352 e. The van der Waals surface area contributed by atoms with Crippen LogP contribution in [0.1, 0.15) is 40.8 Å². The van der Waals surface area contributed by atoms with E-state index in [0.29, 0.717) is 19.1 Å². The number of amides is 2. The van der Waals surface area contributed by atoms with Crippen LogP contribution in [0.15, 0.2) is 34.5 Å². The third-order valence-corrected chi connectivity index (χ3v) is 7.54. The second-order valence-electron chi connectivity index (χ2n) is 7.93. The molecule has 1 aliphatic carbocycles. The van der Waals surface area contributed by atoms with E-state index in [4.69, 9.17) is 0 Å². The third-order valence-electron chi connectivity index (χ3n) is 5.61. The monoisotopic (exact) mass is 444 g/mol. The first-order valence-corrected chi connectivity index (χ1v) is 12.3. The van der Waals surface area contributed by atoms with Crippen molar-refractivity contribution in [2.24, 2.45) is 0 Å². The Balaban J connectivity index is 1.34. The topological polar surface area (TPSA) is 65.5 Å². The van der Waals surface area contributed by atoms with Crippen LogP contribution in [0.3, 0.4) is 0 Å². The Hall–Kier alpha value is -1.90. The van der Waals surface area contributed by atoms with Gasteiger partial charge in [0.1, 0.15) is 0 Å². The van der Waals surface area contributed by atoms with E-state index in [1.165, 1.54) is 0 Å². The van der Waals surface area contributed by atoms with Crippen molar-refractivity contribution < 1.29 is 9.59 Å². The number of rotatable bonds is 7. The lowest BCUT2D eigenvalue weighted by Crippen LogP contribution is -2.55. The van der Waals surface area contributed by atoms with E-state index >= 15 is 0 Å². The normalized spacial score (nSPS) is 18.3. The first kappa shape index (κ1) is 21.3. The number of nitrogens with one attached hydrogen (secondary N) is 1. The zero-order chi connectivity index (χ0) is 21.1. The molecule has 0 bridgehead atoms. The molecule has 2 aliphatic rings. The Kier molecular flexibility index (Phi) is 6.75. The van der Waals surface area contributed by atoms with Crippen molar-refractivity contribution >= 4 is 34.9 Å². The molecule has 1 saturated heterocycles. The molecule has 2 heterocycles. The fourth-order valence-electron chi connectivity index (χ4n) is 3.59. The molecule has 0 radical (unpaired) electrons. The van der Waals surface area contributed by atoms with E-state index in [2.05, 4.69) is 20.6 Å². The highest BCUT2D eigenvalue weighted by atomic mass is 32.2. The van der Waals surface area contributed by atoms with Crippen LogP contribution in [-0.2, 0) is 10.5 Å². The molecule has 1 atom stereocenters. The zero-order valence-electron chi connectivity index (χ0n) is 17.5. The number of carbonyl (C=O) groups is 2. The van der Waals surface area contributed by atoms with Gasteiger partial charge in [0.2, 0.25) is 5.91 Å². The molecule has 1 saturated carbocycles. The van der Waals surface area contributed by atoms with Crippen LogP contribution < -0.4 is 5.32 Å². The number of benzene rings is 1. The maximum absolute atomic E-state index is 13.2. The summed E-state index contributed by atoms with van der Waals surface area (Å²) in [6, 6.07) is 8.05. The summed E-state index contributed by atoms with van der Waals surface area (Å²) in [5, 5.41) is 6.22. The summed E-state index contributed by atoms with van der Waals surface area (Å²) in [6.07, 6.45) is 2.19. The predicted molar refractivity (Wildman–Crippen MR) is 121 cm³/mol. The molecular formula is C22H28N4O2S2. The maximum Gasteiger partial charge on any atom is 0.255 e. The van der Waals surface area contributed by atoms with Gasteiger partial charge in [-0.3, -0.25) is 14.5 Å². The van der Waals surface area contributed by atoms with Gasteiger partial charge in [0.15, 0.2) is 0 Å². The fraction of sp³-hybridized carbons (Fsp3) is 0.500. The summed E-state index contributed by atoms with van der Waals surface area (Å²) in [6.45, 7) is 6.69. The highest BCUT2D eigenvalue weighted by Crippen LogP contribution is 2.28. The van der Waals surface area contributed by atoms with Gasteiger partial charge < -0.3 is 10.2 Å². The number of thioether (sulfide) groups is 1. The number of hydrogen-bond acceptors (Lipinski definition) is 6. The molecule has 1 N–H and O–H groups in total. The Morgan fingerprint density at radius 3 is 2.63 bits per heavy atom. The molecule has 1 unspecified atom stereocenters. The van der Waals surface area contributed by atoms with Gasteiger partial charge in [0.05, 0.1) is 22.3 Å². The lowest BCUT2D eigenvalue weighted by Gasteiger charge is -2.37. The first-order chi connectivity index (χ1) is 14.5. The number of thiazole rings is 1. The molecule has 160 valence electrons. The van der Waals surface area contributed by atoms with E-state index in [9.17, 15) is 9.59 Å². The quantitative estimate of drug-likeness (QED) is 0.665. The summed E-state index contributed by atoms with van der Waals surface area (Å²) in [7, 11) is 0. The van der Waals surface area contributed by atoms with Crippen LogP contribution in [0, 0.1) is 6.92 Å². The number of piperazine rings is 1. The van der Waals surface area contributed by atoms with E-state index in [1.807, 2.05) is 43.0 Å². The summed E-state index contributed by atoms with van der Waals surface area (Å²) in [5.74, 6) is 0.939. The van der Waals surface area contributed by atoms with Crippen molar-refractivity contribution in [3.8, 4) is 0 Å². The number of carbonyl (C=O) groups excluding carboxylic acids is 2. The standard InChI is InChI=1S/C22H28N4O2S2/c1-15(21(27)24-17-7-8-17)25-9-11-26(12-10-25)22(28)19-5-3-4-6-20(19)30-14-18-13-29-16(2)23-18/h3-6,13,15,17H,7-12,14H2,1-2H3,(H,24,27). The van der Waals surface area contributed by atoms with Crippen LogP contribution in [0.25, 0.3) is 0 Å². The lowest BCUT2D eigenvalue weighted by atomic mass is 10.1. The summed E-state index contributed by atoms with van der Waals surface area (Å²) >= 11 is 3.31. The van der Waals surface area contributed by atoms with Crippen molar-refractivity contribution in [1.82, 2.24) is 20.1 Å². The Morgan fingerprint density at radius 2 is 1.97 bits per heavy atom. The minimum absolute atomic E-state index is 0.0716. The second-order valence-corrected chi connectivity index (χ2v) is 10.0. The van der Waals surface area contributed by atoms with Crippen molar-refractivity contribution in [1.29, 1.82) is 0 Å². The van der Waals surface area contributed by atoms with E-state index in [1.54, 1.807) is 23.1 Å². The van der Waals surface area contributed by atoms with E-state index < -0.39 is 0 Å². The molecule has 2 amide bonds. The smallest absolute Gasteiger partial charge is 0.255 e. The number of hydrogen-bond donors (Lipinski definition) is 1. The highest BCUT2D eigenvalue weighted by Gasteiger charge is 2.31. The van der Waals surface area contributed by atoms with Gasteiger partial charge >= 0.3 is 0 Å². The fourth-order valence-corrected chi connectivity index (χ4v) is 5.25. The molecule has 2 fully saturated rings. The van der Waals surface area contributed by atoms with Gasteiger partial charge in [-0.1, -0.05) is 12.1 Å². The summed E-state index contributed by atoms with van der Waals surface area (Å²) in [5.41, 5.74) is 1.80. The van der Waals surface area contributed by atoms with E-state index in [0.717, 1.165) is 52.8 Å². The Bertz CT molecular complexity index is 904. The lowest BCUT2D eigenvalue weighted by molar-refractivity contribution is -0.126. The van der Waals surface area contributed by atoms with Gasteiger partial charge in [-0.25, -0.2) is 4.98 Å².